The van der Waals surface area contributed by atoms with Crippen molar-refractivity contribution in [1.29, 1.82) is 0 Å². The molecular weight excluding hydrogens is 500 g/mol. The standard InChI is InChI=1S/C27H28N8O2S/c1-17-14-29-18(15-28-17)16-30-26(36)23-24(32-37)19-8-9-22(34-11-5-10-33(2)12-13-34)31-25(19)35-20-6-3-4-7-21(20)38-27(23)35/h3-4,6-9,14-15,37H,5,10-13,16H2,1-2H3,(H,30,36)/b32-24+. The molecule has 6 rings (SSSR count). The third kappa shape index (κ3) is 4.33. The number of hydrogen-bond donors (Lipinski definition) is 2. The van der Waals surface area contributed by atoms with E-state index in [1.54, 1.807) is 12.4 Å². The fourth-order valence-electron chi connectivity index (χ4n) is 4.92. The normalized spacial score (nSPS) is 15.4. The van der Waals surface area contributed by atoms with Crippen LogP contribution in [0.3, 0.4) is 0 Å². The molecule has 0 spiro atoms. The summed E-state index contributed by atoms with van der Waals surface area (Å²) in [6.45, 7) is 5.88. The lowest BCUT2D eigenvalue weighted by Crippen LogP contribution is -2.31. The predicted molar refractivity (Wildman–Crippen MR) is 148 cm³/mol. The fraction of sp³-hybridized carbons (Fsp3) is 0.296. The van der Waals surface area contributed by atoms with Crippen molar-refractivity contribution in [1.82, 2.24) is 29.6 Å². The minimum absolute atomic E-state index is 0.201. The van der Waals surface area contributed by atoms with E-state index in [-0.39, 0.29) is 17.8 Å². The van der Waals surface area contributed by atoms with Gasteiger partial charge in [-0.1, -0.05) is 17.3 Å². The number of carbonyl (C=O) groups is 1. The summed E-state index contributed by atoms with van der Waals surface area (Å²) in [6.07, 6.45) is 4.36. The van der Waals surface area contributed by atoms with Crippen LogP contribution in [0.15, 0.2) is 53.9 Å². The number of benzene rings is 1. The van der Waals surface area contributed by atoms with Gasteiger partial charge in [-0.25, -0.2) is 4.98 Å². The number of pyridine rings is 2. The average molecular weight is 529 g/mol. The molecule has 1 saturated heterocycles. The van der Waals surface area contributed by atoms with Crippen molar-refractivity contribution >= 4 is 49.1 Å². The number of carbonyl (C=O) groups excluding carboxylic acids is 1. The summed E-state index contributed by atoms with van der Waals surface area (Å²) in [5.41, 5.74) is 3.34. The van der Waals surface area contributed by atoms with Crippen LogP contribution in [0, 0.1) is 6.92 Å². The highest BCUT2D eigenvalue weighted by atomic mass is 32.1. The summed E-state index contributed by atoms with van der Waals surface area (Å²) < 4.78 is 3.02. The van der Waals surface area contributed by atoms with Gasteiger partial charge in [-0.2, -0.15) is 0 Å². The number of likely N-dealkylation sites (N-methyl/N-ethyl adjacent to an activating group) is 1. The van der Waals surface area contributed by atoms with Crippen LogP contribution in [0.5, 0.6) is 0 Å². The molecule has 1 aromatic carbocycles. The Morgan fingerprint density at radius 1 is 1.11 bits per heavy atom. The average Bonchev–Trinajstić information content (AvgIpc) is 3.19. The number of hydrogen-bond acceptors (Lipinski definition) is 9. The van der Waals surface area contributed by atoms with E-state index in [0.717, 1.165) is 54.3 Å². The maximum atomic E-state index is 13.6. The Balaban J connectivity index is 1.52. The topological polar surface area (TPSA) is 111 Å². The number of aryl methyl sites for hydroxylation is 1. The molecule has 10 nitrogen and oxygen atoms in total. The number of nitrogens with zero attached hydrogens (tertiary/aromatic N) is 7. The molecule has 0 aliphatic carbocycles. The van der Waals surface area contributed by atoms with Crippen molar-refractivity contribution in [3.05, 3.63) is 71.1 Å². The summed E-state index contributed by atoms with van der Waals surface area (Å²) in [5, 5.41) is 17.5. The van der Waals surface area contributed by atoms with Gasteiger partial charge in [-0.15, -0.1) is 11.3 Å². The number of amides is 1. The fourth-order valence-corrected chi connectivity index (χ4v) is 6.11. The summed E-state index contributed by atoms with van der Waals surface area (Å²) in [6, 6.07) is 11.8. The first-order valence-corrected chi connectivity index (χ1v) is 13.4. The van der Waals surface area contributed by atoms with E-state index in [2.05, 4.69) is 37.3 Å². The van der Waals surface area contributed by atoms with E-state index in [0.29, 0.717) is 27.1 Å². The van der Waals surface area contributed by atoms with E-state index >= 15 is 0 Å². The molecule has 0 unspecified atom stereocenters. The van der Waals surface area contributed by atoms with Crippen LogP contribution in [0.2, 0.25) is 0 Å². The summed E-state index contributed by atoms with van der Waals surface area (Å²) >= 11 is 1.47. The van der Waals surface area contributed by atoms with Gasteiger partial charge >= 0.3 is 0 Å². The molecule has 0 saturated carbocycles. The lowest BCUT2D eigenvalue weighted by atomic mass is 10.1. The molecule has 1 fully saturated rings. The van der Waals surface area contributed by atoms with Crippen LogP contribution >= 0.6 is 11.3 Å². The summed E-state index contributed by atoms with van der Waals surface area (Å²) in [4.78, 5) is 32.6. The minimum atomic E-state index is -0.356. The molecule has 0 atom stereocenters. The molecular formula is C27H28N8O2S. The summed E-state index contributed by atoms with van der Waals surface area (Å²) in [7, 11) is 2.14. The SMILES string of the molecule is Cc1cnc(CNC(=O)c2/c(=N/O)c3ccc(N4CCCN(C)CC4)nc3n3c2sc2ccccc23)cn1. The van der Waals surface area contributed by atoms with Gasteiger partial charge in [0.1, 0.15) is 27.2 Å². The predicted octanol–water partition coefficient (Wildman–Crippen LogP) is 3.16. The van der Waals surface area contributed by atoms with Crippen molar-refractivity contribution in [2.45, 2.75) is 19.9 Å². The second-order valence-corrected chi connectivity index (χ2v) is 10.6. The molecule has 1 amide bonds. The lowest BCUT2D eigenvalue weighted by Gasteiger charge is -2.22. The minimum Gasteiger partial charge on any atom is -0.410 e. The molecule has 1 aliphatic rings. The number of rotatable bonds is 4. The van der Waals surface area contributed by atoms with Crippen molar-refractivity contribution in [3.8, 4) is 0 Å². The smallest absolute Gasteiger partial charge is 0.256 e. The van der Waals surface area contributed by atoms with Gasteiger partial charge in [0.25, 0.3) is 5.91 Å². The molecule has 194 valence electrons. The zero-order chi connectivity index (χ0) is 26.2. The molecule has 0 radical (unpaired) electrons. The third-order valence-corrected chi connectivity index (χ3v) is 8.07. The van der Waals surface area contributed by atoms with Gasteiger partial charge in [-0.05, 0) is 51.2 Å². The molecule has 4 aromatic heterocycles. The van der Waals surface area contributed by atoms with Gasteiger partial charge in [0.15, 0.2) is 0 Å². The Kier molecular flexibility index (Phi) is 6.38. The van der Waals surface area contributed by atoms with Crippen molar-refractivity contribution < 1.29 is 10.0 Å². The number of thiazole rings is 1. The van der Waals surface area contributed by atoms with Gasteiger partial charge in [-0.3, -0.25) is 19.2 Å². The van der Waals surface area contributed by atoms with E-state index in [1.165, 1.54) is 11.3 Å². The Labute approximate surface area is 222 Å². The first-order valence-electron chi connectivity index (χ1n) is 12.6. The van der Waals surface area contributed by atoms with Crippen LogP contribution in [0.1, 0.15) is 28.2 Å². The molecule has 5 heterocycles. The number of aromatic nitrogens is 4. The van der Waals surface area contributed by atoms with E-state index in [1.807, 2.05) is 47.7 Å². The Bertz CT molecular complexity index is 1730. The monoisotopic (exact) mass is 528 g/mol. The highest BCUT2D eigenvalue weighted by molar-refractivity contribution is 7.24. The molecule has 11 heteroatoms. The van der Waals surface area contributed by atoms with Crippen LogP contribution < -0.4 is 15.6 Å². The second-order valence-electron chi connectivity index (χ2n) is 9.55. The van der Waals surface area contributed by atoms with Crippen LogP contribution in [0.25, 0.3) is 26.1 Å². The highest BCUT2D eigenvalue weighted by Gasteiger charge is 2.23. The van der Waals surface area contributed by atoms with Crippen molar-refractivity contribution in [3.63, 3.8) is 0 Å². The molecule has 5 aromatic rings. The number of para-hydroxylation sites is 1. The molecule has 1 aliphatic heterocycles. The lowest BCUT2D eigenvalue weighted by molar-refractivity contribution is 0.0949. The Morgan fingerprint density at radius 3 is 2.79 bits per heavy atom. The molecule has 0 bridgehead atoms. The Morgan fingerprint density at radius 2 is 1.97 bits per heavy atom. The number of anilines is 1. The van der Waals surface area contributed by atoms with Crippen LogP contribution in [-0.4, -0.2) is 68.6 Å². The maximum Gasteiger partial charge on any atom is 0.256 e. The first kappa shape index (κ1) is 24.3. The van der Waals surface area contributed by atoms with Gasteiger partial charge in [0.05, 0.1) is 34.3 Å². The van der Waals surface area contributed by atoms with E-state index in [4.69, 9.17) is 4.98 Å². The highest BCUT2D eigenvalue weighted by Crippen LogP contribution is 2.31. The number of nitrogens with one attached hydrogen (secondary N) is 1. The first-order chi connectivity index (χ1) is 18.5. The zero-order valence-electron chi connectivity index (χ0n) is 21.3. The molecule has 38 heavy (non-hydrogen) atoms. The third-order valence-electron chi connectivity index (χ3n) is 6.93. The van der Waals surface area contributed by atoms with Crippen molar-refractivity contribution in [2.75, 3.05) is 38.1 Å². The maximum absolute atomic E-state index is 13.6. The number of fused-ring (bicyclic) bond motifs is 5. The summed E-state index contributed by atoms with van der Waals surface area (Å²) in [5.74, 6) is 0.515. The molecule has 2 N–H and O–H groups in total. The Hall–Kier alpha value is -4.09. The van der Waals surface area contributed by atoms with Crippen LogP contribution in [-0.2, 0) is 6.54 Å². The van der Waals surface area contributed by atoms with Crippen molar-refractivity contribution in [2.24, 2.45) is 5.16 Å². The van der Waals surface area contributed by atoms with E-state index < -0.39 is 0 Å². The quantitative estimate of drug-likeness (QED) is 0.272. The van der Waals surface area contributed by atoms with Gasteiger partial charge < -0.3 is 20.3 Å². The van der Waals surface area contributed by atoms with Crippen LogP contribution in [0.4, 0.5) is 5.82 Å². The van der Waals surface area contributed by atoms with Gasteiger partial charge in [0.2, 0.25) is 0 Å². The largest absolute Gasteiger partial charge is 0.410 e. The second kappa shape index (κ2) is 9.99. The zero-order valence-corrected chi connectivity index (χ0v) is 22.1. The van der Waals surface area contributed by atoms with Gasteiger partial charge in [0, 0.05) is 31.2 Å². The van der Waals surface area contributed by atoms with E-state index in [9.17, 15) is 10.0 Å².